The molecule has 0 aromatic heterocycles. The number of nitriles is 1. The molecule has 23 heavy (non-hydrogen) atoms. The van der Waals surface area contributed by atoms with Crippen LogP contribution in [0.25, 0.3) is 0 Å². The van der Waals surface area contributed by atoms with Gasteiger partial charge in [0.15, 0.2) is 0 Å². The van der Waals surface area contributed by atoms with Crippen molar-refractivity contribution in [3.05, 3.63) is 64.7 Å². The molecule has 6 heteroatoms. The highest BCUT2D eigenvalue weighted by atomic mass is 35.5. The van der Waals surface area contributed by atoms with Crippen LogP contribution in [0.2, 0.25) is 5.02 Å². The summed E-state index contributed by atoms with van der Waals surface area (Å²) in [6.45, 7) is 0. The predicted octanol–water partition coefficient (Wildman–Crippen LogP) is 3.57. The third-order valence-electron chi connectivity index (χ3n) is 4.21. The fraction of sp³-hybridized carbons (Fsp3) is 0.235. The lowest BCUT2D eigenvalue weighted by Gasteiger charge is -2.42. The van der Waals surface area contributed by atoms with Gasteiger partial charge in [0.25, 0.3) is 0 Å². The van der Waals surface area contributed by atoms with Crippen LogP contribution >= 0.6 is 11.6 Å². The Balaban J connectivity index is 1.94. The van der Waals surface area contributed by atoms with Gasteiger partial charge in [-0.1, -0.05) is 29.8 Å². The molecule has 1 saturated carbocycles. The summed E-state index contributed by atoms with van der Waals surface area (Å²) in [4.78, 5) is 0.108. The van der Waals surface area contributed by atoms with E-state index in [-0.39, 0.29) is 4.90 Å². The SMILES string of the molecule is N#Cc1cccc(S(=O)(=O)NC2(c3ccc(Cl)cc3)CCC2)c1. The van der Waals surface area contributed by atoms with Crippen molar-refractivity contribution in [2.45, 2.75) is 29.7 Å². The summed E-state index contributed by atoms with van der Waals surface area (Å²) < 4.78 is 28.2. The highest BCUT2D eigenvalue weighted by Gasteiger charge is 2.42. The molecule has 0 spiro atoms. The van der Waals surface area contributed by atoms with Crippen LogP contribution in [0.5, 0.6) is 0 Å². The maximum Gasteiger partial charge on any atom is 0.241 e. The normalized spacial score (nSPS) is 16.3. The Bertz CT molecular complexity index is 866. The summed E-state index contributed by atoms with van der Waals surface area (Å²) >= 11 is 5.92. The molecular formula is C17H15ClN2O2S. The van der Waals surface area contributed by atoms with Crippen LogP contribution in [0.3, 0.4) is 0 Å². The molecule has 3 rings (SSSR count). The Morgan fingerprint density at radius 3 is 2.39 bits per heavy atom. The summed E-state index contributed by atoms with van der Waals surface area (Å²) in [5.41, 5.74) is 0.640. The van der Waals surface area contributed by atoms with Crippen LogP contribution in [0.15, 0.2) is 53.4 Å². The first-order chi connectivity index (χ1) is 11.0. The summed E-state index contributed by atoms with van der Waals surface area (Å²) in [5.74, 6) is 0. The number of rotatable bonds is 4. The molecule has 0 unspecified atom stereocenters. The molecule has 1 fully saturated rings. The van der Waals surface area contributed by atoms with E-state index >= 15 is 0 Å². The van der Waals surface area contributed by atoms with Gasteiger partial charge >= 0.3 is 0 Å². The van der Waals surface area contributed by atoms with Crippen LogP contribution in [0.1, 0.15) is 30.4 Å². The fourth-order valence-corrected chi connectivity index (χ4v) is 4.42. The molecule has 0 aliphatic heterocycles. The molecule has 0 amide bonds. The van der Waals surface area contributed by atoms with Crippen molar-refractivity contribution in [1.82, 2.24) is 4.72 Å². The molecule has 4 nitrogen and oxygen atoms in total. The van der Waals surface area contributed by atoms with Crippen molar-refractivity contribution in [3.63, 3.8) is 0 Å². The second-order valence-electron chi connectivity index (χ2n) is 5.69. The molecule has 0 radical (unpaired) electrons. The van der Waals surface area contributed by atoms with E-state index in [9.17, 15) is 8.42 Å². The second kappa shape index (κ2) is 5.97. The number of nitrogens with zero attached hydrogens (tertiary/aromatic N) is 1. The minimum absolute atomic E-state index is 0.108. The van der Waals surface area contributed by atoms with Gasteiger partial charge in [0.2, 0.25) is 10.0 Å². The average Bonchev–Trinajstić information content (AvgIpc) is 2.52. The van der Waals surface area contributed by atoms with E-state index in [0.717, 1.165) is 24.8 Å². The molecule has 0 bridgehead atoms. The van der Waals surface area contributed by atoms with Crippen molar-refractivity contribution >= 4 is 21.6 Å². The molecule has 118 valence electrons. The molecule has 2 aromatic rings. The minimum Gasteiger partial charge on any atom is -0.207 e. The first-order valence-corrected chi connectivity index (χ1v) is 9.12. The van der Waals surface area contributed by atoms with Crippen molar-refractivity contribution < 1.29 is 8.42 Å². The van der Waals surface area contributed by atoms with Gasteiger partial charge in [0, 0.05) is 5.02 Å². The van der Waals surface area contributed by atoms with Crippen LogP contribution < -0.4 is 4.72 Å². The zero-order valence-electron chi connectivity index (χ0n) is 12.3. The Kier molecular flexibility index (Phi) is 4.15. The number of benzene rings is 2. The third kappa shape index (κ3) is 3.11. The van der Waals surface area contributed by atoms with Crippen LogP contribution in [0, 0.1) is 11.3 Å². The third-order valence-corrected chi connectivity index (χ3v) is 5.99. The Hall–Kier alpha value is -1.87. The topological polar surface area (TPSA) is 70.0 Å². The van der Waals surface area contributed by atoms with Gasteiger partial charge in [-0.15, -0.1) is 0 Å². The van der Waals surface area contributed by atoms with Crippen LogP contribution in [-0.4, -0.2) is 8.42 Å². The zero-order valence-corrected chi connectivity index (χ0v) is 13.9. The fourth-order valence-electron chi connectivity index (χ4n) is 2.80. The first kappa shape index (κ1) is 16.0. The predicted molar refractivity (Wildman–Crippen MR) is 88.5 cm³/mol. The van der Waals surface area contributed by atoms with Gasteiger partial charge < -0.3 is 0 Å². The second-order valence-corrected chi connectivity index (χ2v) is 7.81. The molecule has 0 saturated heterocycles. The minimum atomic E-state index is -3.70. The van der Waals surface area contributed by atoms with Gasteiger partial charge in [-0.2, -0.15) is 5.26 Å². The van der Waals surface area contributed by atoms with Crippen molar-refractivity contribution in [2.75, 3.05) is 0 Å². The summed E-state index contributed by atoms with van der Waals surface area (Å²) in [5, 5.41) is 9.56. The molecular weight excluding hydrogens is 332 g/mol. The smallest absolute Gasteiger partial charge is 0.207 e. The quantitative estimate of drug-likeness (QED) is 0.920. The largest absolute Gasteiger partial charge is 0.241 e. The maximum atomic E-state index is 12.7. The molecule has 2 aromatic carbocycles. The maximum absolute atomic E-state index is 12.7. The molecule has 0 heterocycles. The van der Waals surface area contributed by atoms with Crippen LogP contribution in [-0.2, 0) is 15.6 Å². The molecule has 1 N–H and O–H groups in total. The van der Waals surface area contributed by atoms with E-state index in [1.165, 1.54) is 12.1 Å². The monoisotopic (exact) mass is 346 g/mol. The van der Waals surface area contributed by atoms with E-state index in [0.29, 0.717) is 10.6 Å². The summed E-state index contributed by atoms with van der Waals surface area (Å²) in [7, 11) is -3.70. The molecule has 1 aliphatic rings. The van der Waals surface area contributed by atoms with E-state index in [4.69, 9.17) is 16.9 Å². The standard InChI is InChI=1S/C17H15ClN2O2S/c18-15-7-5-14(6-8-15)17(9-2-10-17)20-23(21,22)16-4-1-3-13(11-16)12-19/h1,3-8,11,20H,2,9-10H2. The summed E-state index contributed by atoms with van der Waals surface area (Å²) in [6.07, 6.45) is 2.45. The van der Waals surface area contributed by atoms with E-state index in [1.807, 2.05) is 18.2 Å². The lowest BCUT2D eigenvalue weighted by atomic mass is 9.73. The van der Waals surface area contributed by atoms with E-state index in [1.54, 1.807) is 24.3 Å². The Labute approximate surface area is 140 Å². The number of nitrogens with one attached hydrogen (secondary N) is 1. The molecule has 1 aliphatic carbocycles. The van der Waals surface area contributed by atoms with E-state index in [2.05, 4.69) is 4.72 Å². The number of hydrogen-bond donors (Lipinski definition) is 1. The van der Waals surface area contributed by atoms with Crippen molar-refractivity contribution in [3.8, 4) is 6.07 Å². The van der Waals surface area contributed by atoms with Crippen molar-refractivity contribution in [1.29, 1.82) is 5.26 Å². The Morgan fingerprint density at radius 1 is 1.13 bits per heavy atom. The molecule has 0 atom stereocenters. The van der Waals surface area contributed by atoms with Gasteiger partial charge in [0.05, 0.1) is 22.1 Å². The zero-order chi connectivity index (χ0) is 16.5. The highest BCUT2D eigenvalue weighted by molar-refractivity contribution is 7.89. The first-order valence-electron chi connectivity index (χ1n) is 7.25. The number of hydrogen-bond acceptors (Lipinski definition) is 3. The van der Waals surface area contributed by atoms with Gasteiger partial charge in [-0.05, 0) is 55.2 Å². The highest BCUT2D eigenvalue weighted by Crippen LogP contribution is 2.42. The lowest BCUT2D eigenvalue weighted by Crippen LogP contribution is -2.50. The average molecular weight is 347 g/mol. The number of halogens is 1. The van der Waals surface area contributed by atoms with Gasteiger partial charge in [0.1, 0.15) is 0 Å². The number of sulfonamides is 1. The van der Waals surface area contributed by atoms with Gasteiger partial charge in [-0.3, -0.25) is 0 Å². The van der Waals surface area contributed by atoms with Crippen LogP contribution in [0.4, 0.5) is 0 Å². The Morgan fingerprint density at radius 2 is 1.83 bits per heavy atom. The van der Waals surface area contributed by atoms with Gasteiger partial charge in [-0.25, -0.2) is 13.1 Å². The van der Waals surface area contributed by atoms with E-state index < -0.39 is 15.6 Å². The van der Waals surface area contributed by atoms with Crippen molar-refractivity contribution in [2.24, 2.45) is 0 Å². The lowest BCUT2D eigenvalue weighted by molar-refractivity contribution is 0.224. The summed E-state index contributed by atoms with van der Waals surface area (Å²) in [6, 6.07) is 15.2.